The molecule has 104 valence electrons. The molecule has 0 fully saturated rings. The standard InChI is InChI=1S/C14H15ClF3N/c15-12-6-11(14(16,17)18)7-13(8-12)19-9-10-4-2-1-3-5-10/h1-2,6-8,10,19H,3-5,9H2. The van der Waals surface area contributed by atoms with Crippen molar-refractivity contribution in [3.05, 3.63) is 40.9 Å². The second-order valence-electron chi connectivity index (χ2n) is 4.76. The quantitative estimate of drug-likeness (QED) is 0.761. The highest BCUT2D eigenvalue weighted by Gasteiger charge is 2.31. The van der Waals surface area contributed by atoms with Gasteiger partial charge in [-0.3, -0.25) is 0 Å². The van der Waals surface area contributed by atoms with Crippen LogP contribution in [0.25, 0.3) is 0 Å². The lowest BCUT2D eigenvalue weighted by molar-refractivity contribution is -0.137. The van der Waals surface area contributed by atoms with Crippen molar-refractivity contribution < 1.29 is 13.2 Å². The van der Waals surface area contributed by atoms with Gasteiger partial charge in [-0.1, -0.05) is 23.8 Å². The summed E-state index contributed by atoms with van der Waals surface area (Å²) < 4.78 is 37.9. The van der Waals surface area contributed by atoms with Gasteiger partial charge in [0.15, 0.2) is 0 Å². The molecule has 1 aliphatic rings. The highest BCUT2D eigenvalue weighted by molar-refractivity contribution is 6.30. The third-order valence-corrected chi connectivity index (χ3v) is 3.42. The van der Waals surface area contributed by atoms with Crippen molar-refractivity contribution in [3.8, 4) is 0 Å². The summed E-state index contributed by atoms with van der Waals surface area (Å²) in [5.74, 6) is 0.471. The minimum atomic E-state index is -4.37. The molecule has 5 heteroatoms. The predicted molar refractivity (Wildman–Crippen MR) is 71.4 cm³/mol. The van der Waals surface area contributed by atoms with Crippen molar-refractivity contribution in [2.75, 3.05) is 11.9 Å². The summed E-state index contributed by atoms with van der Waals surface area (Å²) in [6.07, 6.45) is 2.97. The van der Waals surface area contributed by atoms with Crippen LogP contribution < -0.4 is 5.32 Å². The third kappa shape index (κ3) is 4.16. The van der Waals surface area contributed by atoms with Crippen LogP contribution in [0.4, 0.5) is 18.9 Å². The molecule has 1 atom stereocenters. The summed E-state index contributed by atoms with van der Waals surface area (Å²) in [6.45, 7) is 0.669. The molecular weight excluding hydrogens is 275 g/mol. The molecular formula is C14H15ClF3N. The lowest BCUT2D eigenvalue weighted by Crippen LogP contribution is -2.16. The molecule has 0 saturated heterocycles. The minimum absolute atomic E-state index is 0.0980. The van der Waals surface area contributed by atoms with E-state index in [2.05, 4.69) is 17.5 Å². The second kappa shape index (κ2) is 5.87. The summed E-state index contributed by atoms with van der Waals surface area (Å²) in [5.41, 5.74) is -0.291. The largest absolute Gasteiger partial charge is 0.416 e. The monoisotopic (exact) mass is 289 g/mol. The molecule has 0 amide bonds. The molecule has 0 aliphatic heterocycles. The summed E-state index contributed by atoms with van der Waals surface area (Å²) in [4.78, 5) is 0. The van der Waals surface area contributed by atoms with Crippen LogP contribution in [0.1, 0.15) is 24.8 Å². The molecule has 19 heavy (non-hydrogen) atoms. The summed E-state index contributed by atoms with van der Waals surface area (Å²) in [5, 5.41) is 3.15. The number of nitrogens with one attached hydrogen (secondary N) is 1. The topological polar surface area (TPSA) is 12.0 Å². The van der Waals surface area contributed by atoms with Crippen LogP contribution in [0, 0.1) is 5.92 Å². The van der Waals surface area contributed by atoms with Gasteiger partial charge in [0.25, 0.3) is 0 Å². The summed E-state index contributed by atoms with van der Waals surface area (Å²) >= 11 is 5.73. The zero-order valence-electron chi connectivity index (χ0n) is 10.3. The molecule has 0 radical (unpaired) electrons. The molecule has 2 rings (SSSR count). The predicted octanol–water partition coefficient (Wildman–Crippen LogP) is 5.13. The number of rotatable bonds is 3. The first-order valence-corrected chi connectivity index (χ1v) is 6.59. The van der Waals surface area contributed by atoms with Gasteiger partial charge in [-0.05, 0) is 43.4 Å². The van der Waals surface area contributed by atoms with Crippen LogP contribution in [0.15, 0.2) is 30.4 Å². The number of hydrogen-bond acceptors (Lipinski definition) is 1. The molecule has 1 nitrogen and oxygen atoms in total. The number of alkyl halides is 3. The summed E-state index contributed by atoms with van der Waals surface area (Å²) in [6, 6.07) is 3.57. The zero-order valence-corrected chi connectivity index (χ0v) is 11.1. The minimum Gasteiger partial charge on any atom is -0.385 e. The number of hydrogen-bond donors (Lipinski definition) is 1. The molecule has 0 bridgehead atoms. The summed E-state index contributed by atoms with van der Waals surface area (Å²) in [7, 11) is 0. The molecule has 1 aromatic carbocycles. The Morgan fingerprint density at radius 2 is 2.00 bits per heavy atom. The van der Waals surface area contributed by atoms with Crippen molar-refractivity contribution in [1.29, 1.82) is 0 Å². The number of anilines is 1. The lowest BCUT2D eigenvalue weighted by Gasteiger charge is -2.19. The molecule has 0 saturated carbocycles. The first kappa shape index (κ1) is 14.3. The van der Waals surface area contributed by atoms with Crippen LogP contribution in [-0.2, 0) is 6.18 Å². The van der Waals surface area contributed by atoms with Gasteiger partial charge < -0.3 is 5.32 Å². The maximum absolute atomic E-state index is 12.6. The van der Waals surface area contributed by atoms with Gasteiger partial charge in [-0.2, -0.15) is 13.2 Å². The van der Waals surface area contributed by atoms with Gasteiger partial charge in [0, 0.05) is 17.3 Å². The molecule has 1 aromatic rings. The van der Waals surface area contributed by atoms with Crippen LogP contribution in [0.5, 0.6) is 0 Å². The van der Waals surface area contributed by atoms with E-state index < -0.39 is 11.7 Å². The highest BCUT2D eigenvalue weighted by Crippen LogP contribution is 2.33. The highest BCUT2D eigenvalue weighted by atomic mass is 35.5. The average Bonchev–Trinajstić information content (AvgIpc) is 2.36. The van der Waals surface area contributed by atoms with Crippen molar-refractivity contribution >= 4 is 17.3 Å². The van der Waals surface area contributed by atoms with E-state index in [4.69, 9.17) is 11.6 Å². The second-order valence-corrected chi connectivity index (χ2v) is 5.19. The number of halogens is 4. The fourth-order valence-corrected chi connectivity index (χ4v) is 2.39. The van der Waals surface area contributed by atoms with Crippen LogP contribution >= 0.6 is 11.6 Å². The normalized spacial score (nSPS) is 19.5. The Labute approximate surface area is 115 Å². The molecule has 0 spiro atoms. The van der Waals surface area contributed by atoms with E-state index in [0.717, 1.165) is 31.4 Å². The molecule has 1 unspecified atom stereocenters. The van der Waals surface area contributed by atoms with Gasteiger partial charge in [-0.25, -0.2) is 0 Å². The maximum Gasteiger partial charge on any atom is 0.416 e. The van der Waals surface area contributed by atoms with E-state index in [1.807, 2.05) is 0 Å². The first-order chi connectivity index (χ1) is 8.95. The SMILES string of the molecule is FC(F)(F)c1cc(Cl)cc(NCC2CC=CCC2)c1. The zero-order chi connectivity index (χ0) is 13.9. The Hall–Kier alpha value is -1.16. The van der Waals surface area contributed by atoms with Gasteiger partial charge >= 0.3 is 6.18 Å². The Morgan fingerprint density at radius 1 is 1.21 bits per heavy atom. The lowest BCUT2D eigenvalue weighted by atomic mass is 9.94. The molecule has 0 aromatic heterocycles. The van der Waals surface area contributed by atoms with E-state index in [1.54, 1.807) is 0 Å². The van der Waals surface area contributed by atoms with Gasteiger partial charge in [0.05, 0.1) is 5.56 Å². The fraction of sp³-hybridized carbons (Fsp3) is 0.429. The Bertz CT molecular complexity index is 468. The van der Waals surface area contributed by atoms with E-state index in [1.165, 1.54) is 6.07 Å². The van der Waals surface area contributed by atoms with Crippen molar-refractivity contribution in [2.24, 2.45) is 5.92 Å². The van der Waals surface area contributed by atoms with E-state index in [9.17, 15) is 13.2 Å². The fourth-order valence-electron chi connectivity index (χ4n) is 2.16. The maximum atomic E-state index is 12.6. The number of allylic oxidation sites excluding steroid dienone is 2. The molecule has 1 aliphatic carbocycles. The van der Waals surface area contributed by atoms with Gasteiger partial charge in [-0.15, -0.1) is 0 Å². The van der Waals surface area contributed by atoms with Crippen molar-refractivity contribution in [2.45, 2.75) is 25.4 Å². The number of benzene rings is 1. The van der Waals surface area contributed by atoms with Crippen molar-refractivity contribution in [1.82, 2.24) is 0 Å². The van der Waals surface area contributed by atoms with Gasteiger partial charge in [0.2, 0.25) is 0 Å². The molecule has 0 heterocycles. The Morgan fingerprint density at radius 3 is 2.63 bits per heavy atom. The van der Waals surface area contributed by atoms with Gasteiger partial charge in [0.1, 0.15) is 0 Å². The van der Waals surface area contributed by atoms with E-state index in [0.29, 0.717) is 18.2 Å². The third-order valence-electron chi connectivity index (χ3n) is 3.20. The van der Waals surface area contributed by atoms with Crippen LogP contribution in [-0.4, -0.2) is 6.54 Å². The van der Waals surface area contributed by atoms with Crippen molar-refractivity contribution in [3.63, 3.8) is 0 Å². The average molecular weight is 290 g/mol. The Kier molecular flexibility index (Phi) is 4.40. The van der Waals surface area contributed by atoms with Crippen LogP contribution in [0.3, 0.4) is 0 Å². The molecule has 1 N–H and O–H groups in total. The Balaban J connectivity index is 2.03. The smallest absolute Gasteiger partial charge is 0.385 e. The van der Waals surface area contributed by atoms with E-state index in [-0.39, 0.29) is 5.02 Å². The van der Waals surface area contributed by atoms with E-state index >= 15 is 0 Å². The first-order valence-electron chi connectivity index (χ1n) is 6.22. The van der Waals surface area contributed by atoms with Crippen LogP contribution in [0.2, 0.25) is 5.02 Å².